The largest absolute Gasteiger partial charge is 0.385 e. The van der Waals surface area contributed by atoms with Crippen LogP contribution in [0.25, 0.3) is 0 Å². The van der Waals surface area contributed by atoms with E-state index in [0.717, 1.165) is 12.8 Å². The van der Waals surface area contributed by atoms with Crippen LogP contribution in [0, 0.1) is 5.41 Å². The molecule has 17 heavy (non-hydrogen) atoms. The Morgan fingerprint density at radius 2 is 1.94 bits per heavy atom. The highest BCUT2D eigenvalue weighted by Gasteiger charge is 2.20. The molecule has 0 aromatic heterocycles. The van der Waals surface area contributed by atoms with E-state index in [1.165, 1.54) is 0 Å². The molecule has 4 nitrogen and oxygen atoms in total. The molecule has 0 saturated heterocycles. The van der Waals surface area contributed by atoms with Gasteiger partial charge in [0, 0.05) is 26.1 Å². The molecule has 6 heteroatoms. The maximum absolute atomic E-state index is 11.6. The summed E-state index contributed by atoms with van der Waals surface area (Å²) in [5.74, 6) is 0.733. The quantitative estimate of drug-likeness (QED) is 0.493. The van der Waals surface area contributed by atoms with E-state index in [4.69, 9.17) is 16.3 Å². The minimum atomic E-state index is -3.18. The second kappa shape index (κ2) is 8.29. The standard InChI is InChI=1S/C11H24ClNO3S/c1-11(2,6-4-7-12)10-13-17(14,15)9-5-8-16-3/h13H,4-10H2,1-3H3. The predicted molar refractivity (Wildman–Crippen MR) is 72.0 cm³/mol. The van der Waals surface area contributed by atoms with E-state index in [1.54, 1.807) is 7.11 Å². The Morgan fingerprint density at radius 1 is 1.29 bits per heavy atom. The maximum Gasteiger partial charge on any atom is 0.211 e. The van der Waals surface area contributed by atoms with Crippen LogP contribution in [0.2, 0.25) is 0 Å². The lowest BCUT2D eigenvalue weighted by Gasteiger charge is -2.24. The summed E-state index contributed by atoms with van der Waals surface area (Å²) in [6.45, 7) is 5.00. The smallest absolute Gasteiger partial charge is 0.211 e. The predicted octanol–water partition coefficient (Wildman–Crippen LogP) is 1.99. The van der Waals surface area contributed by atoms with Crippen LogP contribution < -0.4 is 4.72 Å². The van der Waals surface area contributed by atoms with E-state index in [0.29, 0.717) is 25.5 Å². The first kappa shape index (κ1) is 17.2. The Bertz CT molecular complexity index is 291. The topological polar surface area (TPSA) is 55.4 Å². The monoisotopic (exact) mass is 285 g/mol. The molecular weight excluding hydrogens is 262 g/mol. The fourth-order valence-corrected chi connectivity index (χ4v) is 2.79. The molecule has 0 bridgehead atoms. The van der Waals surface area contributed by atoms with Gasteiger partial charge >= 0.3 is 0 Å². The van der Waals surface area contributed by atoms with Crippen LogP contribution in [-0.4, -0.2) is 40.3 Å². The van der Waals surface area contributed by atoms with Crippen molar-refractivity contribution in [3.8, 4) is 0 Å². The van der Waals surface area contributed by atoms with Crippen molar-refractivity contribution in [1.82, 2.24) is 4.72 Å². The van der Waals surface area contributed by atoms with E-state index in [1.807, 2.05) is 13.8 Å². The van der Waals surface area contributed by atoms with Crippen molar-refractivity contribution in [1.29, 1.82) is 0 Å². The molecule has 0 rings (SSSR count). The van der Waals surface area contributed by atoms with Gasteiger partial charge in [0.25, 0.3) is 0 Å². The number of hydrogen-bond acceptors (Lipinski definition) is 3. The summed E-state index contributed by atoms with van der Waals surface area (Å²) in [5.41, 5.74) is -0.0524. The molecule has 0 atom stereocenters. The zero-order valence-corrected chi connectivity index (χ0v) is 12.5. The maximum atomic E-state index is 11.6. The number of sulfonamides is 1. The number of nitrogens with one attached hydrogen (secondary N) is 1. The lowest BCUT2D eigenvalue weighted by atomic mass is 9.88. The third-order valence-electron chi connectivity index (χ3n) is 2.52. The summed E-state index contributed by atoms with van der Waals surface area (Å²) in [6, 6.07) is 0. The minimum Gasteiger partial charge on any atom is -0.385 e. The zero-order valence-electron chi connectivity index (χ0n) is 11.0. The van der Waals surface area contributed by atoms with E-state index in [9.17, 15) is 8.42 Å². The third kappa shape index (κ3) is 9.83. The molecule has 0 aliphatic heterocycles. The van der Waals surface area contributed by atoms with Crippen LogP contribution in [0.1, 0.15) is 33.1 Å². The summed E-state index contributed by atoms with van der Waals surface area (Å²) in [6.07, 6.45) is 2.34. The minimum absolute atomic E-state index is 0.0524. The summed E-state index contributed by atoms with van der Waals surface area (Å²) >= 11 is 5.63. The Hall–Kier alpha value is 0.160. The first-order chi connectivity index (χ1) is 7.83. The van der Waals surface area contributed by atoms with Gasteiger partial charge in [0.2, 0.25) is 10.0 Å². The number of alkyl halides is 1. The van der Waals surface area contributed by atoms with Crippen molar-refractivity contribution in [3.05, 3.63) is 0 Å². The lowest BCUT2D eigenvalue weighted by Crippen LogP contribution is -2.35. The molecule has 0 fully saturated rings. The van der Waals surface area contributed by atoms with Crippen LogP contribution in [0.3, 0.4) is 0 Å². The van der Waals surface area contributed by atoms with Crippen molar-refractivity contribution < 1.29 is 13.2 Å². The highest BCUT2D eigenvalue weighted by molar-refractivity contribution is 7.89. The molecule has 0 aromatic rings. The fraction of sp³-hybridized carbons (Fsp3) is 1.00. The van der Waals surface area contributed by atoms with Crippen molar-refractivity contribution in [2.24, 2.45) is 5.41 Å². The van der Waals surface area contributed by atoms with Crippen LogP contribution >= 0.6 is 11.6 Å². The molecule has 0 heterocycles. The van der Waals surface area contributed by atoms with Gasteiger partial charge in [0.05, 0.1) is 5.75 Å². The Morgan fingerprint density at radius 3 is 2.47 bits per heavy atom. The highest BCUT2D eigenvalue weighted by Crippen LogP contribution is 2.21. The summed E-state index contributed by atoms with van der Waals surface area (Å²) in [5, 5.41) is 0. The SMILES string of the molecule is COCCCS(=O)(=O)NCC(C)(C)CCCCl. The normalized spacial score (nSPS) is 12.9. The van der Waals surface area contributed by atoms with Gasteiger partial charge in [-0.1, -0.05) is 13.8 Å². The number of methoxy groups -OCH3 is 1. The van der Waals surface area contributed by atoms with Gasteiger partial charge in [-0.3, -0.25) is 0 Å². The van der Waals surface area contributed by atoms with E-state index in [2.05, 4.69) is 4.72 Å². The average molecular weight is 286 g/mol. The van der Waals surface area contributed by atoms with Gasteiger partial charge in [-0.05, 0) is 24.7 Å². The molecule has 0 amide bonds. The molecule has 1 N–H and O–H groups in total. The molecular formula is C11H24ClNO3S. The molecule has 0 aliphatic rings. The first-order valence-electron chi connectivity index (χ1n) is 5.85. The van der Waals surface area contributed by atoms with Gasteiger partial charge < -0.3 is 4.74 Å². The van der Waals surface area contributed by atoms with Crippen LogP contribution in [0.5, 0.6) is 0 Å². The summed E-state index contributed by atoms with van der Waals surface area (Å²) in [7, 11) is -1.61. The molecule has 0 aromatic carbocycles. The van der Waals surface area contributed by atoms with Crippen LogP contribution in [0.4, 0.5) is 0 Å². The molecule has 0 unspecified atom stereocenters. The average Bonchev–Trinajstić information content (AvgIpc) is 2.25. The van der Waals surface area contributed by atoms with E-state index >= 15 is 0 Å². The number of ether oxygens (including phenoxy) is 1. The van der Waals surface area contributed by atoms with Gasteiger partial charge in [-0.2, -0.15) is 0 Å². The van der Waals surface area contributed by atoms with Crippen molar-refractivity contribution in [2.75, 3.05) is 31.9 Å². The van der Waals surface area contributed by atoms with E-state index in [-0.39, 0.29) is 11.2 Å². The number of halogens is 1. The second-order valence-corrected chi connectivity index (χ2v) is 7.25. The second-order valence-electron chi connectivity index (χ2n) is 4.94. The van der Waals surface area contributed by atoms with Gasteiger partial charge in [0.1, 0.15) is 0 Å². The lowest BCUT2D eigenvalue weighted by molar-refractivity contribution is 0.199. The Labute approximate surface area is 110 Å². The Kier molecular flexibility index (Phi) is 8.37. The molecule has 104 valence electrons. The third-order valence-corrected chi connectivity index (χ3v) is 4.20. The number of rotatable bonds is 10. The molecule has 0 saturated carbocycles. The fourth-order valence-electron chi connectivity index (χ4n) is 1.40. The van der Waals surface area contributed by atoms with Gasteiger partial charge in [-0.25, -0.2) is 13.1 Å². The summed E-state index contributed by atoms with van der Waals surface area (Å²) in [4.78, 5) is 0. The van der Waals surface area contributed by atoms with E-state index < -0.39 is 10.0 Å². The van der Waals surface area contributed by atoms with Gasteiger partial charge in [-0.15, -0.1) is 11.6 Å². The van der Waals surface area contributed by atoms with Crippen LogP contribution in [0.15, 0.2) is 0 Å². The zero-order chi connectivity index (χ0) is 13.4. The summed E-state index contributed by atoms with van der Waals surface area (Å²) < 4.78 is 30.7. The molecule has 0 spiro atoms. The highest BCUT2D eigenvalue weighted by atomic mass is 35.5. The van der Waals surface area contributed by atoms with Crippen LogP contribution in [-0.2, 0) is 14.8 Å². The number of hydrogen-bond donors (Lipinski definition) is 1. The van der Waals surface area contributed by atoms with Gasteiger partial charge in [0.15, 0.2) is 0 Å². The van der Waals surface area contributed by atoms with Crippen molar-refractivity contribution in [2.45, 2.75) is 33.1 Å². The molecule has 0 aliphatic carbocycles. The first-order valence-corrected chi connectivity index (χ1v) is 8.04. The molecule has 0 radical (unpaired) electrons. The Balaban J connectivity index is 3.99. The van der Waals surface area contributed by atoms with Crippen molar-refractivity contribution >= 4 is 21.6 Å². The van der Waals surface area contributed by atoms with Crippen molar-refractivity contribution in [3.63, 3.8) is 0 Å².